The first-order valence-electron chi connectivity index (χ1n) is 10.5. The zero-order chi connectivity index (χ0) is 21.4. The van der Waals surface area contributed by atoms with Crippen molar-refractivity contribution in [3.05, 3.63) is 47.3 Å². The number of nitrogens with one attached hydrogen (secondary N) is 2. The lowest BCUT2D eigenvalue weighted by atomic mass is 9.77. The number of imidazole rings is 1. The zero-order valence-electron chi connectivity index (χ0n) is 17.5. The Morgan fingerprint density at radius 2 is 2.00 bits per heavy atom. The van der Waals surface area contributed by atoms with E-state index in [0.717, 1.165) is 37.7 Å². The first kappa shape index (κ1) is 20.3. The largest absolute Gasteiger partial charge is 0.384 e. The predicted molar refractivity (Wildman–Crippen MR) is 113 cm³/mol. The van der Waals surface area contributed by atoms with Crippen molar-refractivity contribution in [2.24, 2.45) is 5.41 Å². The number of pyridine rings is 1. The number of aromatic amines is 1. The average molecular weight is 406 g/mol. The minimum atomic E-state index is -0.894. The quantitative estimate of drug-likeness (QED) is 0.702. The second-order valence-corrected chi connectivity index (χ2v) is 9.13. The SMILES string of the molecule is CC1(C)CC=C(c2nc(C3(O)CCCC3)ccc2NC(=O)c2nc(C#N)c[nH]2)CC1. The maximum Gasteiger partial charge on any atom is 0.291 e. The summed E-state index contributed by atoms with van der Waals surface area (Å²) in [7, 11) is 0. The van der Waals surface area contributed by atoms with E-state index in [1.807, 2.05) is 12.1 Å². The predicted octanol–water partition coefficient (Wildman–Crippen LogP) is 4.28. The Balaban J connectivity index is 1.69. The standard InChI is InChI=1S/C23H27N5O2/c1-22(2)11-7-15(8-12-22)19-17(27-21(29)20-25-14-16(13-24)26-20)5-6-18(28-19)23(30)9-3-4-10-23/h5-7,14,30H,3-4,8-12H2,1-2H3,(H,25,26)(H,27,29). The van der Waals surface area contributed by atoms with Crippen LogP contribution in [-0.2, 0) is 5.60 Å². The number of aromatic nitrogens is 3. The van der Waals surface area contributed by atoms with Crippen LogP contribution >= 0.6 is 0 Å². The molecule has 0 bridgehead atoms. The lowest BCUT2D eigenvalue weighted by molar-refractivity contribution is 0.0399. The third kappa shape index (κ3) is 4.01. The Kier molecular flexibility index (Phi) is 5.20. The summed E-state index contributed by atoms with van der Waals surface area (Å²) in [6.07, 6.45) is 9.83. The van der Waals surface area contributed by atoms with Gasteiger partial charge in [0.25, 0.3) is 5.91 Å². The second kappa shape index (κ2) is 7.69. The smallest absolute Gasteiger partial charge is 0.291 e. The van der Waals surface area contributed by atoms with E-state index in [9.17, 15) is 9.90 Å². The molecule has 156 valence electrons. The minimum absolute atomic E-state index is 0.0785. The molecular formula is C23H27N5O2. The normalized spacial score (nSPS) is 19.7. The topological polar surface area (TPSA) is 115 Å². The number of amides is 1. The van der Waals surface area contributed by atoms with Crippen molar-refractivity contribution in [3.8, 4) is 6.07 Å². The number of aliphatic hydroxyl groups is 1. The van der Waals surface area contributed by atoms with Crippen LogP contribution in [0.2, 0.25) is 0 Å². The number of rotatable bonds is 4. The summed E-state index contributed by atoms with van der Waals surface area (Å²) in [5.74, 6) is -0.349. The maximum absolute atomic E-state index is 12.7. The number of nitriles is 1. The summed E-state index contributed by atoms with van der Waals surface area (Å²) in [5.41, 5.74) is 2.57. The van der Waals surface area contributed by atoms with Crippen LogP contribution in [0.4, 0.5) is 5.69 Å². The second-order valence-electron chi connectivity index (χ2n) is 9.13. The molecule has 2 heterocycles. The summed E-state index contributed by atoms with van der Waals surface area (Å²) < 4.78 is 0. The van der Waals surface area contributed by atoms with Gasteiger partial charge in [0, 0.05) is 6.20 Å². The molecule has 7 nitrogen and oxygen atoms in total. The molecule has 3 N–H and O–H groups in total. The van der Waals surface area contributed by atoms with E-state index in [1.54, 1.807) is 6.07 Å². The van der Waals surface area contributed by atoms with Gasteiger partial charge in [-0.25, -0.2) is 9.97 Å². The van der Waals surface area contributed by atoms with Crippen LogP contribution in [0.25, 0.3) is 5.57 Å². The van der Waals surface area contributed by atoms with Gasteiger partial charge in [-0.3, -0.25) is 4.79 Å². The summed E-state index contributed by atoms with van der Waals surface area (Å²) >= 11 is 0. The maximum atomic E-state index is 12.7. The lowest BCUT2D eigenvalue weighted by Gasteiger charge is -2.30. The highest BCUT2D eigenvalue weighted by atomic mass is 16.3. The number of anilines is 1. The number of hydrogen-bond acceptors (Lipinski definition) is 5. The Morgan fingerprint density at radius 1 is 1.23 bits per heavy atom. The van der Waals surface area contributed by atoms with Crippen LogP contribution in [0.5, 0.6) is 0 Å². The Labute approximate surface area is 176 Å². The molecule has 2 aliphatic rings. The summed E-state index contributed by atoms with van der Waals surface area (Å²) in [4.78, 5) is 24.2. The van der Waals surface area contributed by atoms with Crippen LogP contribution < -0.4 is 5.32 Å². The molecule has 1 saturated carbocycles. The fourth-order valence-electron chi connectivity index (χ4n) is 4.25. The molecule has 2 aromatic heterocycles. The molecule has 1 fully saturated rings. The van der Waals surface area contributed by atoms with Crippen molar-refractivity contribution in [1.82, 2.24) is 15.0 Å². The fraction of sp³-hybridized carbons (Fsp3) is 0.478. The summed E-state index contributed by atoms with van der Waals surface area (Å²) in [5, 5.41) is 22.9. The van der Waals surface area contributed by atoms with E-state index in [1.165, 1.54) is 6.20 Å². The molecule has 0 radical (unpaired) electrons. The molecule has 2 aromatic rings. The molecule has 4 rings (SSSR count). The minimum Gasteiger partial charge on any atom is -0.384 e. The molecule has 0 unspecified atom stereocenters. The van der Waals surface area contributed by atoms with Crippen LogP contribution in [0.3, 0.4) is 0 Å². The number of carbonyl (C=O) groups excluding carboxylic acids is 1. The van der Waals surface area contributed by atoms with Crippen LogP contribution in [0, 0.1) is 16.7 Å². The number of H-pyrrole nitrogens is 1. The van der Waals surface area contributed by atoms with Gasteiger partial charge in [-0.05, 0) is 55.2 Å². The Bertz CT molecular complexity index is 1040. The monoisotopic (exact) mass is 405 g/mol. The number of allylic oxidation sites excluding steroid dienone is 2. The van der Waals surface area contributed by atoms with E-state index in [4.69, 9.17) is 10.2 Å². The third-order valence-electron chi connectivity index (χ3n) is 6.23. The van der Waals surface area contributed by atoms with Crippen molar-refractivity contribution in [2.45, 2.75) is 64.4 Å². The van der Waals surface area contributed by atoms with Crippen molar-refractivity contribution < 1.29 is 9.90 Å². The highest BCUT2D eigenvalue weighted by Crippen LogP contribution is 2.42. The first-order valence-corrected chi connectivity index (χ1v) is 10.5. The zero-order valence-corrected chi connectivity index (χ0v) is 17.5. The van der Waals surface area contributed by atoms with E-state index >= 15 is 0 Å². The third-order valence-corrected chi connectivity index (χ3v) is 6.23. The average Bonchev–Trinajstić information content (AvgIpc) is 3.38. The summed E-state index contributed by atoms with van der Waals surface area (Å²) in [6.45, 7) is 4.50. The molecule has 2 aliphatic carbocycles. The fourth-order valence-corrected chi connectivity index (χ4v) is 4.25. The van der Waals surface area contributed by atoms with Gasteiger partial charge in [0.15, 0.2) is 11.5 Å². The molecular weight excluding hydrogens is 378 g/mol. The van der Waals surface area contributed by atoms with Gasteiger partial charge in [0.05, 0.1) is 17.1 Å². The van der Waals surface area contributed by atoms with Crippen LogP contribution in [0.1, 0.15) is 86.5 Å². The Morgan fingerprint density at radius 3 is 2.63 bits per heavy atom. The molecule has 0 saturated heterocycles. The molecule has 0 spiro atoms. The highest BCUT2D eigenvalue weighted by molar-refractivity contribution is 6.03. The Hall–Kier alpha value is -2.98. The van der Waals surface area contributed by atoms with Crippen LogP contribution in [-0.4, -0.2) is 26.0 Å². The van der Waals surface area contributed by atoms with Gasteiger partial charge in [0.1, 0.15) is 11.7 Å². The van der Waals surface area contributed by atoms with Crippen LogP contribution in [0.15, 0.2) is 24.4 Å². The van der Waals surface area contributed by atoms with Crippen molar-refractivity contribution in [3.63, 3.8) is 0 Å². The van der Waals surface area contributed by atoms with Gasteiger partial charge in [-0.15, -0.1) is 0 Å². The molecule has 0 aromatic carbocycles. The van der Waals surface area contributed by atoms with E-state index < -0.39 is 11.5 Å². The lowest BCUT2D eigenvalue weighted by Crippen LogP contribution is -2.24. The molecule has 1 amide bonds. The van der Waals surface area contributed by atoms with Gasteiger partial charge in [0.2, 0.25) is 0 Å². The molecule has 7 heteroatoms. The molecule has 0 atom stereocenters. The summed E-state index contributed by atoms with van der Waals surface area (Å²) in [6, 6.07) is 5.53. The van der Waals surface area contributed by atoms with Gasteiger partial charge in [-0.2, -0.15) is 5.26 Å². The van der Waals surface area contributed by atoms with Gasteiger partial charge in [-0.1, -0.05) is 32.8 Å². The van der Waals surface area contributed by atoms with Crippen molar-refractivity contribution >= 4 is 17.2 Å². The van der Waals surface area contributed by atoms with E-state index in [2.05, 4.69) is 35.2 Å². The number of carbonyl (C=O) groups is 1. The van der Waals surface area contributed by atoms with Crippen molar-refractivity contribution in [2.75, 3.05) is 5.32 Å². The van der Waals surface area contributed by atoms with Crippen molar-refractivity contribution in [1.29, 1.82) is 5.26 Å². The van der Waals surface area contributed by atoms with E-state index in [-0.39, 0.29) is 16.9 Å². The molecule has 0 aliphatic heterocycles. The number of hydrogen-bond donors (Lipinski definition) is 3. The first-order chi connectivity index (χ1) is 14.3. The molecule has 30 heavy (non-hydrogen) atoms. The highest BCUT2D eigenvalue weighted by Gasteiger charge is 2.35. The van der Waals surface area contributed by atoms with Gasteiger partial charge >= 0.3 is 0 Å². The van der Waals surface area contributed by atoms with Gasteiger partial charge < -0.3 is 15.4 Å². The number of nitrogens with zero attached hydrogens (tertiary/aromatic N) is 3. The van der Waals surface area contributed by atoms with E-state index in [0.29, 0.717) is 29.9 Å².